The van der Waals surface area contributed by atoms with E-state index in [1.165, 1.54) is 11.6 Å². The summed E-state index contributed by atoms with van der Waals surface area (Å²) in [5.41, 5.74) is -1.04. The number of nitrogens with zero attached hydrogens (tertiary/aromatic N) is 4. The van der Waals surface area contributed by atoms with Gasteiger partial charge < -0.3 is 10.2 Å². The molecule has 0 bridgehead atoms. The predicted molar refractivity (Wildman–Crippen MR) is 82.5 cm³/mol. The van der Waals surface area contributed by atoms with E-state index in [0.717, 1.165) is 17.5 Å². The van der Waals surface area contributed by atoms with Gasteiger partial charge in [-0.2, -0.15) is 5.26 Å². The molecule has 0 fully saturated rings. The van der Waals surface area contributed by atoms with Crippen molar-refractivity contribution in [2.24, 2.45) is 14.1 Å². The molecular formula is C14H23N5O2. The van der Waals surface area contributed by atoms with Crippen molar-refractivity contribution in [1.82, 2.24) is 14.0 Å². The third-order valence-corrected chi connectivity index (χ3v) is 3.64. The molecular weight excluding hydrogens is 270 g/mol. The van der Waals surface area contributed by atoms with Crippen molar-refractivity contribution >= 4 is 5.82 Å². The molecule has 0 aromatic carbocycles. The highest BCUT2D eigenvalue weighted by molar-refractivity contribution is 5.51. The molecule has 1 heterocycles. The van der Waals surface area contributed by atoms with E-state index >= 15 is 0 Å². The average Bonchev–Trinajstić information content (AvgIpc) is 2.45. The lowest BCUT2D eigenvalue weighted by atomic mass is 10.3. The van der Waals surface area contributed by atoms with Crippen LogP contribution in [0.3, 0.4) is 0 Å². The van der Waals surface area contributed by atoms with Crippen molar-refractivity contribution in [3.63, 3.8) is 0 Å². The van der Waals surface area contributed by atoms with E-state index in [-0.39, 0.29) is 11.4 Å². The van der Waals surface area contributed by atoms with Crippen LogP contribution >= 0.6 is 0 Å². The molecule has 7 nitrogen and oxygen atoms in total. The third-order valence-electron chi connectivity index (χ3n) is 3.64. The van der Waals surface area contributed by atoms with Gasteiger partial charge in [-0.25, -0.2) is 4.79 Å². The fraction of sp³-hybridized carbons (Fsp3) is 0.643. The molecule has 0 saturated carbocycles. The molecule has 0 atom stereocenters. The second-order valence-electron chi connectivity index (χ2n) is 5.40. The first-order valence-corrected chi connectivity index (χ1v) is 6.95. The number of rotatable bonds is 6. The second-order valence-corrected chi connectivity index (χ2v) is 5.40. The summed E-state index contributed by atoms with van der Waals surface area (Å²) in [4.78, 5) is 26.0. The molecule has 7 heteroatoms. The van der Waals surface area contributed by atoms with Crippen LogP contribution in [0.2, 0.25) is 0 Å². The highest BCUT2D eigenvalue weighted by Gasteiger charge is 2.14. The van der Waals surface area contributed by atoms with Gasteiger partial charge in [0, 0.05) is 26.7 Å². The maximum atomic E-state index is 11.9. The molecule has 0 saturated heterocycles. The van der Waals surface area contributed by atoms with Gasteiger partial charge in [-0.15, -0.1) is 0 Å². The van der Waals surface area contributed by atoms with Crippen LogP contribution in [-0.4, -0.2) is 40.2 Å². The maximum absolute atomic E-state index is 11.9. The van der Waals surface area contributed by atoms with Crippen LogP contribution in [0.1, 0.15) is 25.8 Å². The van der Waals surface area contributed by atoms with E-state index in [9.17, 15) is 9.59 Å². The Bertz CT molecular complexity index is 651. The van der Waals surface area contributed by atoms with Crippen molar-refractivity contribution in [2.45, 2.75) is 26.3 Å². The van der Waals surface area contributed by atoms with Gasteiger partial charge in [0.15, 0.2) is 5.56 Å². The molecule has 1 aromatic rings. The molecule has 1 rings (SSSR count). The fourth-order valence-corrected chi connectivity index (χ4v) is 1.95. The van der Waals surface area contributed by atoms with Gasteiger partial charge in [0.1, 0.15) is 11.9 Å². The SMILES string of the molecule is CC(C)N(C)CCCNc1c(C#N)c(=O)n(C)c(=O)n1C. The Morgan fingerprint density at radius 2 is 1.90 bits per heavy atom. The quantitative estimate of drug-likeness (QED) is 0.752. The van der Waals surface area contributed by atoms with E-state index in [0.29, 0.717) is 12.6 Å². The highest BCUT2D eigenvalue weighted by atomic mass is 16.2. The number of anilines is 1. The van der Waals surface area contributed by atoms with Crippen LogP contribution in [0, 0.1) is 11.3 Å². The minimum absolute atomic E-state index is 0.0307. The first-order valence-electron chi connectivity index (χ1n) is 6.95. The van der Waals surface area contributed by atoms with E-state index < -0.39 is 11.2 Å². The molecule has 0 aliphatic carbocycles. The standard InChI is InChI=1S/C14H23N5O2/c1-10(2)17(3)8-6-7-16-12-11(9-15)13(20)19(5)14(21)18(12)4/h10,16H,6-8H2,1-5H3. The van der Waals surface area contributed by atoms with Gasteiger partial charge in [-0.05, 0) is 33.9 Å². The van der Waals surface area contributed by atoms with Crippen molar-refractivity contribution in [3.8, 4) is 6.07 Å². The molecule has 0 aliphatic heterocycles. The molecule has 0 radical (unpaired) electrons. The number of nitriles is 1. The molecule has 0 unspecified atom stereocenters. The summed E-state index contributed by atoms with van der Waals surface area (Å²) in [6, 6.07) is 2.34. The zero-order valence-electron chi connectivity index (χ0n) is 13.3. The lowest BCUT2D eigenvalue weighted by molar-refractivity contribution is 0.273. The Morgan fingerprint density at radius 1 is 1.29 bits per heavy atom. The monoisotopic (exact) mass is 293 g/mol. The van der Waals surface area contributed by atoms with Crippen LogP contribution < -0.4 is 16.6 Å². The Hall–Kier alpha value is -2.07. The lowest BCUT2D eigenvalue weighted by Crippen LogP contribution is -2.40. The molecule has 0 amide bonds. The predicted octanol–water partition coefficient (Wildman–Crippen LogP) is 0.0979. The van der Waals surface area contributed by atoms with Crippen molar-refractivity contribution in [2.75, 3.05) is 25.5 Å². The first kappa shape index (κ1) is 17.0. The third kappa shape index (κ3) is 3.73. The summed E-state index contributed by atoms with van der Waals surface area (Å²) in [7, 11) is 4.96. The van der Waals surface area contributed by atoms with Crippen LogP contribution in [0.5, 0.6) is 0 Å². The molecule has 0 aliphatic rings. The number of nitrogens with one attached hydrogen (secondary N) is 1. The largest absolute Gasteiger partial charge is 0.370 e. The molecule has 1 N–H and O–H groups in total. The molecule has 1 aromatic heterocycles. The number of hydrogen-bond acceptors (Lipinski definition) is 5. The highest BCUT2D eigenvalue weighted by Crippen LogP contribution is 2.07. The fourth-order valence-electron chi connectivity index (χ4n) is 1.95. The van der Waals surface area contributed by atoms with Gasteiger partial charge in [-0.1, -0.05) is 0 Å². The number of aromatic nitrogens is 2. The number of hydrogen-bond donors (Lipinski definition) is 1. The van der Waals surface area contributed by atoms with E-state index in [4.69, 9.17) is 5.26 Å². The lowest BCUT2D eigenvalue weighted by Gasteiger charge is -2.21. The summed E-state index contributed by atoms with van der Waals surface area (Å²) >= 11 is 0. The van der Waals surface area contributed by atoms with Gasteiger partial charge >= 0.3 is 5.69 Å². The molecule has 0 spiro atoms. The average molecular weight is 293 g/mol. The first-order chi connectivity index (χ1) is 9.81. The minimum Gasteiger partial charge on any atom is -0.370 e. The molecule has 116 valence electrons. The van der Waals surface area contributed by atoms with Gasteiger partial charge in [0.2, 0.25) is 0 Å². The van der Waals surface area contributed by atoms with Crippen molar-refractivity contribution in [3.05, 3.63) is 26.4 Å². The second kappa shape index (κ2) is 7.09. The van der Waals surface area contributed by atoms with E-state index in [1.54, 1.807) is 7.05 Å². The van der Waals surface area contributed by atoms with Gasteiger partial charge in [0.25, 0.3) is 5.56 Å². The van der Waals surface area contributed by atoms with Gasteiger partial charge in [-0.3, -0.25) is 13.9 Å². The van der Waals surface area contributed by atoms with Crippen LogP contribution in [0.25, 0.3) is 0 Å². The summed E-state index contributed by atoms with van der Waals surface area (Å²) in [6.45, 7) is 5.72. The summed E-state index contributed by atoms with van der Waals surface area (Å²) in [5, 5.41) is 12.2. The molecule has 21 heavy (non-hydrogen) atoms. The smallest absolute Gasteiger partial charge is 0.332 e. The van der Waals surface area contributed by atoms with Crippen molar-refractivity contribution in [1.29, 1.82) is 5.26 Å². The Morgan fingerprint density at radius 3 is 2.43 bits per heavy atom. The summed E-state index contributed by atoms with van der Waals surface area (Å²) in [6.07, 6.45) is 0.850. The Kier molecular flexibility index (Phi) is 5.73. The Balaban J connectivity index is 2.88. The van der Waals surface area contributed by atoms with Gasteiger partial charge in [0.05, 0.1) is 0 Å². The summed E-state index contributed by atoms with van der Waals surface area (Å²) < 4.78 is 2.24. The minimum atomic E-state index is -0.567. The normalized spacial score (nSPS) is 11.0. The summed E-state index contributed by atoms with van der Waals surface area (Å²) in [5.74, 6) is 0.290. The van der Waals surface area contributed by atoms with Crippen LogP contribution in [0.15, 0.2) is 9.59 Å². The zero-order valence-corrected chi connectivity index (χ0v) is 13.3. The van der Waals surface area contributed by atoms with E-state index in [2.05, 4.69) is 24.1 Å². The van der Waals surface area contributed by atoms with E-state index in [1.807, 2.05) is 13.1 Å². The maximum Gasteiger partial charge on any atom is 0.332 e. The topological polar surface area (TPSA) is 83.1 Å². The Labute approximate surface area is 124 Å². The zero-order chi connectivity index (χ0) is 16.2. The van der Waals surface area contributed by atoms with Crippen LogP contribution in [0.4, 0.5) is 5.82 Å². The van der Waals surface area contributed by atoms with Crippen LogP contribution in [-0.2, 0) is 14.1 Å². The van der Waals surface area contributed by atoms with Crippen molar-refractivity contribution < 1.29 is 0 Å².